The maximum atomic E-state index is 14.3. The number of hydrogen-bond donors (Lipinski definition) is 1. The number of anilines is 1. The molecule has 1 aromatic carbocycles. The summed E-state index contributed by atoms with van der Waals surface area (Å²) in [6.45, 7) is 1.82. The molecule has 4 nitrogen and oxygen atoms in total. The van der Waals surface area contributed by atoms with Crippen LogP contribution in [-0.2, 0) is 0 Å². The Morgan fingerprint density at radius 1 is 1.33 bits per heavy atom. The van der Waals surface area contributed by atoms with Crippen molar-refractivity contribution in [2.24, 2.45) is 4.99 Å². The summed E-state index contributed by atoms with van der Waals surface area (Å²) in [6.07, 6.45) is 8.30. The van der Waals surface area contributed by atoms with Crippen molar-refractivity contribution >= 4 is 28.3 Å². The standard InChI is InChI=1S/C15H19FN4S/c1-21-15(18-11-17)19-12-6-7-14(13(16)10-12)20-8-4-2-3-5-9-20/h6-7,10H,2-5,8-9H2,1H3,(H,18,19). The van der Waals surface area contributed by atoms with Crippen molar-refractivity contribution in [2.75, 3.05) is 24.2 Å². The van der Waals surface area contributed by atoms with Gasteiger partial charge in [0, 0.05) is 19.2 Å². The molecular formula is C15H19FN4S. The molecule has 1 aliphatic rings. The normalized spacial score (nSPS) is 16.2. The van der Waals surface area contributed by atoms with E-state index in [1.807, 2.05) is 12.4 Å². The van der Waals surface area contributed by atoms with Crippen molar-refractivity contribution in [3.05, 3.63) is 24.0 Å². The van der Waals surface area contributed by atoms with Crippen molar-refractivity contribution in [1.29, 1.82) is 5.26 Å². The van der Waals surface area contributed by atoms with Crippen LogP contribution in [0.4, 0.5) is 15.8 Å². The van der Waals surface area contributed by atoms with Crippen LogP contribution in [0.5, 0.6) is 0 Å². The zero-order chi connectivity index (χ0) is 15.1. The summed E-state index contributed by atoms with van der Waals surface area (Å²) in [6, 6.07) is 5.00. The molecule has 1 aliphatic heterocycles. The minimum absolute atomic E-state index is 0.254. The van der Waals surface area contributed by atoms with Gasteiger partial charge in [0.05, 0.1) is 11.4 Å². The maximum Gasteiger partial charge on any atom is 0.183 e. The molecule has 21 heavy (non-hydrogen) atoms. The smallest absolute Gasteiger partial charge is 0.183 e. The molecule has 0 atom stereocenters. The molecule has 0 radical (unpaired) electrons. The molecule has 6 heteroatoms. The molecule has 0 saturated carbocycles. The maximum absolute atomic E-state index is 14.3. The number of rotatable bonds is 2. The molecular weight excluding hydrogens is 287 g/mol. The summed E-state index contributed by atoms with van der Waals surface area (Å²) in [5.41, 5.74) is 1.16. The fraction of sp³-hybridized carbons (Fsp3) is 0.467. The van der Waals surface area contributed by atoms with E-state index in [4.69, 9.17) is 5.26 Å². The average molecular weight is 306 g/mol. The molecule has 2 rings (SSSR count). The number of halogens is 1. The van der Waals surface area contributed by atoms with Crippen LogP contribution >= 0.6 is 11.8 Å². The Balaban J connectivity index is 2.18. The molecule has 1 N–H and O–H groups in total. The monoisotopic (exact) mass is 306 g/mol. The first-order valence-corrected chi connectivity index (χ1v) is 8.29. The van der Waals surface area contributed by atoms with E-state index >= 15 is 0 Å². The number of nitrogens with one attached hydrogen (secondary N) is 1. The predicted molar refractivity (Wildman–Crippen MR) is 86.4 cm³/mol. The van der Waals surface area contributed by atoms with E-state index in [9.17, 15) is 4.39 Å². The van der Waals surface area contributed by atoms with Gasteiger partial charge >= 0.3 is 0 Å². The molecule has 0 bridgehead atoms. The summed E-state index contributed by atoms with van der Waals surface area (Å²) in [4.78, 5) is 6.33. The molecule has 0 aromatic heterocycles. The Bertz CT molecular complexity index is 545. The largest absolute Gasteiger partial charge is 0.369 e. The van der Waals surface area contributed by atoms with Gasteiger partial charge in [-0.3, -0.25) is 5.32 Å². The first kappa shape index (κ1) is 15.6. The third kappa shape index (κ3) is 4.36. The quantitative estimate of drug-likeness (QED) is 0.392. The van der Waals surface area contributed by atoms with Crippen LogP contribution in [-0.4, -0.2) is 24.5 Å². The lowest BCUT2D eigenvalue weighted by Crippen LogP contribution is -2.24. The van der Waals surface area contributed by atoms with E-state index in [1.54, 1.807) is 12.1 Å². The van der Waals surface area contributed by atoms with Crippen LogP contribution in [0.15, 0.2) is 23.2 Å². The number of thioether (sulfide) groups is 1. The average Bonchev–Trinajstić information content (AvgIpc) is 2.76. The van der Waals surface area contributed by atoms with Crippen LogP contribution < -0.4 is 10.2 Å². The third-order valence-electron chi connectivity index (χ3n) is 3.46. The van der Waals surface area contributed by atoms with Gasteiger partial charge in [-0.05, 0) is 31.2 Å². The predicted octanol–water partition coefficient (Wildman–Crippen LogP) is 3.63. The Morgan fingerprint density at radius 3 is 2.62 bits per heavy atom. The number of benzene rings is 1. The van der Waals surface area contributed by atoms with Gasteiger partial charge in [-0.2, -0.15) is 5.26 Å². The third-order valence-corrected chi connectivity index (χ3v) is 4.04. The van der Waals surface area contributed by atoms with Gasteiger partial charge in [-0.15, -0.1) is 0 Å². The van der Waals surface area contributed by atoms with Crippen LogP contribution in [0.25, 0.3) is 0 Å². The second-order valence-electron chi connectivity index (χ2n) is 4.89. The Kier molecular flexibility index (Phi) is 5.88. The first-order chi connectivity index (χ1) is 10.2. The van der Waals surface area contributed by atoms with Gasteiger partial charge in [0.25, 0.3) is 0 Å². The number of nitrogens with zero attached hydrogens (tertiary/aromatic N) is 3. The van der Waals surface area contributed by atoms with Gasteiger partial charge in [-0.25, -0.2) is 9.38 Å². The second kappa shape index (κ2) is 7.89. The molecule has 0 amide bonds. The summed E-state index contributed by atoms with van der Waals surface area (Å²) >= 11 is 1.31. The lowest BCUT2D eigenvalue weighted by Gasteiger charge is -2.23. The van der Waals surface area contributed by atoms with Crippen LogP contribution in [0.1, 0.15) is 25.7 Å². The fourth-order valence-electron chi connectivity index (χ4n) is 2.42. The molecule has 1 fully saturated rings. The molecule has 1 aromatic rings. The van der Waals surface area contributed by atoms with Gasteiger partial charge in [-0.1, -0.05) is 24.6 Å². The second-order valence-corrected chi connectivity index (χ2v) is 5.69. The number of amidine groups is 1. The molecule has 112 valence electrons. The molecule has 0 unspecified atom stereocenters. The van der Waals surface area contributed by atoms with E-state index in [-0.39, 0.29) is 5.82 Å². The summed E-state index contributed by atoms with van der Waals surface area (Å²) in [5, 5.41) is 11.5. The molecule has 0 aliphatic carbocycles. The van der Waals surface area contributed by atoms with E-state index in [2.05, 4.69) is 15.2 Å². The molecule has 0 spiro atoms. The van der Waals surface area contributed by atoms with E-state index in [0.717, 1.165) is 25.9 Å². The van der Waals surface area contributed by atoms with Crippen LogP contribution in [0, 0.1) is 17.3 Å². The summed E-state index contributed by atoms with van der Waals surface area (Å²) in [5.74, 6) is -0.254. The lowest BCUT2D eigenvalue weighted by atomic mass is 10.2. The Hall–Kier alpha value is -1.74. The van der Waals surface area contributed by atoms with Crippen molar-refractivity contribution in [3.8, 4) is 6.19 Å². The summed E-state index contributed by atoms with van der Waals surface area (Å²) in [7, 11) is 0. The van der Waals surface area contributed by atoms with Crippen molar-refractivity contribution < 1.29 is 4.39 Å². The number of nitriles is 1. The van der Waals surface area contributed by atoms with E-state index in [1.165, 1.54) is 30.7 Å². The van der Waals surface area contributed by atoms with Gasteiger partial charge in [0.1, 0.15) is 5.82 Å². The highest BCUT2D eigenvalue weighted by molar-refractivity contribution is 8.13. The number of aliphatic imine (C=N–C) groups is 1. The zero-order valence-corrected chi connectivity index (χ0v) is 12.9. The van der Waals surface area contributed by atoms with Gasteiger partial charge < -0.3 is 4.90 Å². The van der Waals surface area contributed by atoms with Gasteiger partial charge in [0.2, 0.25) is 0 Å². The minimum Gasteiger partial charge on any atom is -0.369 e. The molecule has 1 heterocycles. The van der Waals surface area contributed by atoms with Crippen molar-refractivity contribution in [2.45, 2.75) is 25.7 Å². The number of hydrogen-bond acceptors (Lipinski definition) is 4. The van der Waals surface area contributed by atoms with E-state index < -0.39 is 0 Å². The van der Waals surface area contributed by atoms with E-state index in [0.29, 0.717) is 16.5 Å². The topological polar surface area (TPSA) is 51.4 Å². The van der Waals surface area contributed by atoms with Gasteiger partial charge in [0.15, 0.2) is 11.4 Å². The fourth-order valence-corrected chi connectivity index (χ4v) is 2.77. The zero-order valence-electron chi connectivity index (χ0n) is 12.1. The van der Waals surface area contributed by atoms with Crippen molar-refractivity contribution in [1.82, 2.24) is 5.32 Å². The SMILES string of the molecule is CSC(=Nc1ccc(N2CCCCCC2)c(F)c1)NC#N. The Labute approximate surface area is 129 Å². The Morgan fingerprint density at radius 2 is 2.05 bits per heavy atom. The first-order valence-electron chi connectivity index (χ1n) is 7.07. The summed E-state index contributed by atoms with van der Waals surface area (Å²) < 4.78 is 14.3. The highest BCUT2D eigenvalue weighted by Crippen LogP contribution is 2.27. The van der Waals surface area contributed by atoms with Crippen molar-refractivity contribution in [3.63, 3.8) is 0 Å². The highest BCUT2D eigenvalue weighted by Gasteiger charge is 2.14. The minimum atomic E-state index is -0.254. The molecule has 1 saturated heterocycles. The van der Waals surface area contributed by atoms with Crippen LogP contribution in [0.2, 0.25) is 0 Å². The lowest BCUT2D eigenvalue weighted by molar-refractivity contribution is 0.617. The highest BCUT2D eigenvalue weighted by atomic mass is 32.2. The van der Waals surface area contributed by atoms with Crippen LogP contribution in [0.3, 0.4) is 0 Å².